The molecule has 0 heterocycles. The largest absolute Gasteiger partial charge is 0.479 e. The van der Waals surface area contributed by atoms with Gasteiger partial charge in [-0.1, -0.05) is 6.92 Å². The molecule has 0 aromatic carbocycles. The number of ether oxygens (including phenoxy) is 1. The van der Waals surface area contributed by atoms with Crippen molar-refractivity contribution in [1.29, 1.82) is 0 Å². The smallest absolute Gasteiger partial charge is 0.337 e. The van der Waals surface area contributed by atoms with Gasteiger partial charge in [0.2, 0.25) is 0 Å². The average Bonchev–Trinajstić information content (AvgIpc) is 1.88. The van der Waals surface area contributed by atoms with Crippen molar-refractivity contribution in [1.82, 2.24) is 0 Å². The molecule has 1 unspecified atom stereocenters. The van der Waals surface area contributed by atoms with Crippen LogP contribution in [-0.2, 0) is 9.53 Å². The van der Waals surface area contributed by atoms with Gasteiger partial charge < -0.3 is 14.9 Å². The molecule has 0 aliphatic heterocycles. The molecule has 0 bridgehead atoms. The SMILES string of the molecule is CCCOCC(C)(O)C(=O)O. The van der Waals surface area contributed by atoms with E-state index in [4.69, 9.17) is 14.9 Å². The summed E-state index contributed by atoms with van der Waals surface area (Å²) in [7, 11) is 0. The Morgan fingerprint density at radius 1 is 1.64 bits per heavy atom. The third-order valence-electron chi connectivity index (χ3n) is 1.19. The van der Waals surface area contributed by atoms with Crippen molar-refractivity contribution in [3.05, 3.63) is 0 Å². The van der Waals surface area contributed by atoms with Crippen LogP contribution in [0.1, 0.15) is 20.3 Å². The summed E-state index contributed by atoms with van der Waals surface area (Å²) in [4.78, 5) is 10.3. The first-order chi connectivity index (χ1) is 5.00. The first kappa shape index (κ1) is 10.4. The molecule has 4 heteroatoms. The van der Waals surface area contributed by atoms with Crippen LogP contribution in [0.5, 0.6) is 0 Å². The van der Waals surface area contributed by atoms with E-state index in [0.29, 0.717) is 6.61 Å². The highest BCUT2D eigenvalue weighted by Crippen LogP contribution is 2.03. The molecule has 0 aliphatic rings. The summed E-state index contributed by atoms with van der Waals surface area (Å²) in [5.41, 5.74) is -1.75. The molecule has 0 saturated heterocycles. The zero-order valence-corrected chi connectivity index (χ0v) is 6.83. The van der Waals surface area contributed by atoms with E-state index in [1.165, 1.54) is 6.92 Å². The molecule has 0 amide bonds. The summed E-state index contributed by atoms with van der Waals surface area (Å²) in [5, 5.41) is 17.5. The zero-order valence-electron chi connectivity index (χ0n) is 6.83. The summed E-state index contributed by atoms with van der Waals surface area (Å²) in [6.07, 6.45) is 0.815. The van der Waals surface area contributed by atoms with Gasteiger partial charge in [-0.3, -0.25) is 0 Å². The van der Waals surface area contributed by atoms with Gasteiger partial charge in [0.1, 0.15) is 0 Å². The normalized spacial score (nSPS) is 15.9. The molecule has 0 spiro atoms. The highest BCUT2D eigenvalue weighted by atomic mass is 16.5. The fourth-order valence-electron chi connectivity index (χ4n) is 0.477. The summed E-state index contributed by atoms with van der Waals surface area (Å²) in [5.74, 6) is -1.26. The summed E-state index contributed by atoms with van der Waals surface area (Å²) >= 11 is 0. The van der Waals surface area contributed by atoms with Crippen molar-refractivity contribution < 1.29 is 19.7 Å². The number of carbonyl (C=O) groups is 1. The predicted octanol–water partition coefficient (Wildman–Crippen LogP) is 0.249. The first-order valence-electron chi connectivity index (χ1n) is 3.54. The van der Waals surface area contributed by atoms with Crippen molar-refractivity contribution in [3.8, 4) is 0 Å². The number of carboxylic acids is 1. The van der Waals surface area contributed by atoms with Crippen molar-refractivity contribution >= 4 is 5.97 Å². The molecule has 2 N–H and O–H groups in total. The van der Waals surface area contributed by atoms with E-state index >= 15 is 0 Å². The molecule has 0 saturated carbocycles. The summed E-state index contributed by atoms with van der Waals surface area (Å²) in [6, 6.07) is 0. The number of aliphatic carboxylic acids is 1. The van der Waals surface area contributed by atoms with E-state index in [2.05, 4.69) is 0 Å². The topological polar surface area (TPSA) is 66.8 Å². The van der Waals surface area contributed by atoms with Crippen LogP contribution in [0, 0.1) is 0 Å². The van der Waals surface area contributed by atoms with Gasteiger partial charge in [0.05, 0.1) is 6.61 Å². The Bertz CT molecular complexity index is 130. The van der Waals surface area contributed by atoms with E-state index in [-0.39, 0.29) is 6.61 Å². The minimum absolute atomic E-state index is 0.157. The van der Waals surface area contributed by atoms with Gasteiger partial charge in [0, 0.05) is 6.61 Å². The second-order valence-corrected chi connectivity index (χ2v) is 2.63. The number of rotatable bonds is 5. The molecular formula is C7H14O4. The van der Waals surface area contributed by atoms with Gasteiger partial charge in [-0.2, -0.15) is 0 Å². The molecule has 1 atom stereocenters. The Morgan fingerprint density at radius 3 is 2.55 bits per heavy atom. The monoisotopic (exact) mass is 162 g/mol. The fraction of sp³-hybridized carbons (Fsp3) is 0.857. The maximum atomic E-state index is 10.3. The first-order valence-corrected chi connectivity index (χ1v) is 3.54. The van der Waals surface area contributed by atoms with Gasteiger partial charge in [-0.15, -0.1) is 0 Å². The molecule has 0 fully saturated rings. The zero-order chi connectivity index (χ0) is 8.91. The highest BCUT2D eigenvalue weighted by Gasteiger charge is 2.29. The maximum absolute atomic E-state index is 10.3. The minimum atomic E-state index is -1.75. The number of hydrogen-bond donors (Lipinski definition) is 2. The molecule has 0 radical (unpaired) electrons. The highest BCUT2D eigenvalue weighted by molar-refractivity contribution is 5.76. The maximum Gasteiger partial charge on any atom is 0.337 e. The lowest BCUT2D eigenvalue weighted by atomic mass is 10.1. The van der Waals surface area contributed by atoms with Crippen molar-refractivity contribution in [2.75, 3.05) is 13.2 Å². The van der Waals surface area contributed by atoms with E-state index in [1.54, 1.807) is 0 Å². The third kappa shape index (κ3) is 3.95. The van der Waals surface area contributed by atoms with Crippen LogP contribution in [0.4, 0.5) is 0 Å². The van der Waals surface area contributed by atoms with Crippen LogP contribution in [0.15, 0.2) is 0 Å². The van der Waals surface area contributed by atoms with Crippen LogP contribution in [0.3, 0.4) is 0 Å². The number of hydrogen-bond acceptors (Lipinski definition) is 3. The number of carboxylic acid groups (broad SMARTS) is 1. The second kappa shape index (κ2) is 4.31. The van der Waals surface area contributed by atoms with Gasteiger partial charge >= 0.3 is 5.97 Å². The van der Waals surface area contributed by atoms with Crippen LogP contribution in [-0.4, -0.2) is 35.0 Å². The van der Waals surface area contributed by atoms with Gasteiger partial charge in [-0.05, 0) is 13.3 Å². The Hall–Kier alpha value is -0.610. The van der Waals surface area contributed by atoms with Crippen molar-refractivity contribution in [2.24, 2.45) is 0 Å². The molecule has 11 heavy (non-hydrogen) atoms. The lowest BCUT2D eigenvalue weighted by Crippen LogP contribution is -2.39. The van der Waals surface area contributed by atoms with Crippen molar-refractivity contribution in [3.63, 3.8) is 0 Å². The average molecular weight is 162 g/mol. The van der Waals surface area contributed by atoms with Crippen LogP contribution in [0.2, 0.25) is 0 Å². The Balaban J connectivity index is 3.64. The van der Waals surface area contributed by atoms with Crippen LogP contribution >= 0.6 is 0 Å². The molecule has 66 valence electrons. The Morgan fingerprint density at radius 2 is 2.18 bits per heavy atom. The fourth-order valence-corrected chi connectivity index (χ4v) is 0.477. The van der Waals surface area contributed by atoms with Gasteiger partial charge in [-0.25, -0.2) is 4.79 Å². The molecule has 4 nitrogen and oxygen atoms in total. The minimum Gasteiger partial charge on any atom is -0.479 e. The predicted molar refractivity (Wildman–Crippen MR) is 39.4 cm³/mol. The van der Waals surface area contributed by atoms with E-state index in [1.807, 2.05) is 6.92 Å². The van der Waals surface area contributed by atoms with E-state index in [9.17, 15) is 4.79 Å². The molecule has 0 rings (SSSR count). The van der Waals surface area contributed by atoms with E-state index in [0.717, 1.165) is 6.42 Å². The van der Waals surface area contributed by atoms with Crippen LogP contribution < -0.4 is 0 Å². The lowest BCUT2D eigenvalue weighted by molar-refractivity contribution is -0.162. The van der Waals surface area contributed by atoms with Gasteiger partial charge in [0.25, 0.3) is 0 Å². The quantitative estimate of drug-likeness (QED) is 0.568. The molecule has 0 aliphatic carbocycles. The van der Waals surface area contributed by atoms with Gasteiger partial charge in [0.15, 0.2) is 5.60 Å². The summed E-state index contributed by atoms with van der Waals surface area (Å²) in [6.45, 7) is 3.44. The van der Waals surface area contributed by atoms with E-state index < -0.39 is 11.6 Å². The number of aliphatic hydroxyl groups is 1. The third-order valence-corrected chi connectivity index (χ3v) is 1.19. The Labute approximate surface area is 65.8 Å². The second-order valence-electron chi connectivity index (χ2n) is 2.63. The Kier molecular flexibility index (Phi) is 4.07. The standard InChI is InChI=1S/C7H14O4/c1-3-4-11-5-7(2,10)6(8)9/h10H,3-5H2,1-2H3,(H,8,9). The molecule has 0 aromatic rings. The molecular weight excluding hydrogens is 148 g/mol. The van der Waals surface area contributed by atoms with Crippen LogP contribution in [0.25, 0.3) is 0 Å². The summed E-state index contributed by atoms with van der Waals surface area (Å²) < 4.78 is 4.88. The molecule has 0 aromatic heterocycles. The van der Waals surface area contributed by atoms with Crippen molar-refractivity contribution in [2.45, 2.75) is 25.9 Å². The lowest BCUT2D eigenvalue weighted by Gasteiger charge is -2.16.